The summed E-state index contributed by atoms with van der Waals surface area (Å²) < 4.78 is 10.0. The number of methoxy groups -OCH3 is 1. The number of carbonyl (C=O) groups excluding carboxylic acids is 4. The molecule has 0 saturated heterocycles. The minimum Gasteiger partial charge on any atom is -0.465 e. The number of benzene rings is 3. The monoisotopic (exact) mass is 510 g/mol. The van der Waals surface area contributed by atoms with Crippen LogP contribution < -0.4 is 15.0 Å². The van der Waals surface area contributed by atoms with Gasteiger partial charge in [-0.2, -0.15) is 0 Å². The molecule has 0 spiro atoms. The summed E-state index contributed by atoms with van der Waals surface area (Å²) in [7, 11) is 1.19. The maximum atomic E-state index is 13.1. The van der Waals surface area contributed by atoms with Crippen molar-refractivity contribution in [3.8, 4) is 5.75 Å². The fourth-order valence-corrected chi connectivity index (χ4v) is 3.62. The average Bonchev–Trinajstić information content (AvgIpc) is 3.08. The molecule has 3 aromatic carbocycles. The van der Waals surface area contributed by atoms with Gasteiger partial charge in [0.15, 0.2) is 0 Å². The number of para-hydroxylation sites is 1. The van der Waals surface area contributed by atoms with Crippen LogP contribution in [0.25, 0.3) is 0 Å². The van der Waals surface area contributed by atoms with Gasteiger partial charge in [-0.25, -0.2) is 14.5 Å². The average molecular weight is 511 g/mol. The largest absolute Gasteiger partial charge is 0.465 e. The van der Waals surface area contributed by atoms with Crippen molar-refractivity contribution in [3.05, 3.63) is 99.7 Å². The number of nitrogens with one attached hydrogen (secondary N) is 1. The maximum absolute atomic E-state index is 13.1. The number of halogens is 2. The molecular formula is C25H16Cl2N2O6. The van der Waals surface area contributed by atoms with Crippen molar-refractivity contribution in [2.75, 3.05) is 17.3 Å². The number of nitrogens with zero attached hydrogens (tertiary/aromatic N) is 1. The first-order valence-corrected chi connectivity index (χ1v) is 10.9. The smallest absolute Gasteiger partial charge is 0.343 e. The topological polar surface area (TPSA) is 102 Å². The summed E-state index contributed by atoms with van der Waals surface area (Å²) in [6, 6.07) is 18.4. The molecule has 1 aliphatic heterocycles. The molecule has 1 aliphatic rings. The van der Waals surface area contributed by atoms with Gasteiger partial charge < -0.3 is 14.8 Å². The lowest BCUT2D eigenvalue weighted by atomic mass is 10.1. The van der Waals surface area contributed by atoms with E-state index in [1.807, 2.05) is 0 Å². The molecule has 1 heterocycles. The lowest BCUT2D eigenvalue weighted by Crippen LogP contribution is -2.33. The van der Waals surface area contributed by atoms with Crippen LogP contribution in [0.15, 0.2) is 83.5 Å². The predicted molar refractivity (Wildman–Crippen MR) is 130 cm³/mol. The third-order valence-electron chi connectivity index (χ3n) is 4.99. The Hall–Kier alpha value is -4.14. The van der Waals surface area contributed by atoms with Crippen LogP contribution in [0.2, 0.25) is 5.02 Å². The molecule has 8 nitrogen and oxygen atoms in total. The summed E-state index contributed by atoms with van der Waals surface area (Å²) >= 11 is 12.0. The Morgan fingerprint density at radius 2 is 1.49 bits per heavy atom. The van der Waals surface area contributed by atoms with E-state index in [1.54, 1.807) is 36.4 Å². The van der Waals surface area contributed by atoms with Crippen LogP contribution in [-0.4, -0.2) is 30.9 Å². The number of anilines is 2. The Bertz CT molecular complexity index is 1370. The first kappa shape index (κ1) is 24.0. The minimum absolute atomic E-state index is 0.0333. The number of esters is 2. The second-order valence-corrected chi connectivity index (χ2v) is 8.00. The van der Waals surface area contributed by atoms with Crippen LogP contribution in [-0.2, 0) is 14.3 Å². The molecule has 0 aromatic heterocycles. The van der Waals surface area contributed by atoms with Crippen molar-refractivity contribution in [2.45, 2.75) is 0 Å². The van der Waals surface area contributed by atoms with E-state index in [9.17, 15) is 19.2 Å². The molecule has 4 rings (SSSR count). The van der Waals surface area contributed by atoms with E-state index < -0.39 is 23.8 Å². The van der Waals surface area contributed by atoms with Crippen molar-refractivity contribution in [1.82, 2.24) is 0 Å². The van der Waals surface area contributed by atoms with E-state index in [2.05, 4.69) is 5.32 Å². The fourth-order valence-electron chi connectivity index (χ4n) is 3.28. The highest BCUT2D eigenvalue weighted by Gasteiger charge is 2.40. The van der Waals surface area contributed by atoms with Gasteiger partial charge in [-0.15, -0.1) is 0 Å². The first-order chi connectivity index (χ1) is 16.8. The van der Waals surface area contributed by atoms with E-state index in [0.29, 0.717) is 16.5 Å². The molecule has 2 amide bonds. The number of amides is 2. The standard InChI is InChI=1S/C25H16Cl2N2O6/c1-34-25(33)18-4-2-3-5-19(18)29-22(30)20(27)21(23(29)31)28-16-10-6-14(7-11-16)24(32)35-17-12-8-15(26)9-13-17/h2-13,28H,1H3. The highest BCUT2D eigenvalue weighted by Crippen LogP contribution is 2.32. The van der Waals surface area contributed by atoms with Gasteiger partial charge in [0, 0.05) is 10.7 Å². The van der Waals surface area contributed by atoms with Gasteiger partial charge in [-0.05, 0) is 60.7 Å². The number of imide groups is 1. The second kappa shape index (κ2) is 10.0. The Kier molecular flexibility index (Phi) is 6.86. The molecular weight excluding hydrogens is 495 g/mol. The molecule has 0 atom stereocenters. The summed E-state index contributed by atoms with van der Waals surface area (Å²) in [5.74, 6) is -2.50. The number of carbonyl (C=O) groups is 4. The summed E-state index contributed by atoms with van der Waals surface area (Å²) in [5.41, 5.74) is 0.557. The highest BCUT2D eigenvalue weighted by atomic mass is 35.5. The maximum Gasteiger partial charge on any atom is 0.343 e. The van der Waals surface area contributed by atoms with Crippen LogP contribution in [0.1, 0.15) is 20.7 Å². The predicted octanol–water partition coefficient (Wildman–Crippen LogP) is 4.78. The van der Waals surface area contributed by atoms with Gasteiger partial charge in [0.1, 0.15) is 16.5 Å². The molecule has 10 heteroatoms. The molecule has 176 valence electrons. The third-order valence-corrected chi connectivity index (χ3v) is 5.59. The molecule has 0 bridgehead atoms. The second-order valence-electron chi connectivity index (χ2n) is 7.19. The zero-order chi connectivity index (χ0) is 25.1. The van der Waals surface area contributed by atoms with Crippen molar-refractivity contribution >= 4 is 58.3 Å². The molecule has 0 fully saturated rings. The highest BCUT2D eigenvalue weighted by molar-refractivity contribution is 6.53. The van der Waals surface area contributed by atoms with Gasteiger partial charge in [0.2, 0.25) is 0 Å². The Morgan fingerprint density at radius 1 is 0.829 bits per heavy atom. The van der Waals surface area contributed by atoms with Crippen molar-refractivity contribution < 1.29 is 28.7 Å². The molecule has 3 aromatic rings. The molecule has 1 N–H and O–H groups in total. The number of ether oxygens (including phenoxy) is 2. The lowest BCUT2D eigenvalue weighted by Gasteiger charge is -2.17. The van der Waals surface area contributed by atoms with Gasteiger partial charge in [0.05, 0.1) is 23.9 Å². The lowest BCUT2D eigenvalue weighted by molar-refractivity contribution is -0.120. The molecule has 0 aliphatic carbocycles. The van der Waals surface area contributed by atoms with E-state index >= 15 is 0 Å². The van der Waals surface area contributed by atoms with E-state index in [4.69, 9.17) is 32.7 Å². The quantitative estimate of drug-likeness (QED) is 0.289. The van der Waals surface area contributed by atoms with E-state index in [0.717, 1.165) is 4.90 Å². The van der Waals surface area contributed by atoms with E-state index in [1.165, 1.54) is 43.5 Å². The minimum atomic E-state index is -0.793. The van der Waals surface area contributed by atoms with Gasteiger partial charge >= 0.3 is 11.9 Å². The first-order valence-electron chi connectivity index (χ1n) is 10.1. The molecule has 0 radical (unpaired) electrons. The van der Waals surface area contributed by atoms with Crippen molar-refractivity contribution in [3.63, 3.8) is 0 Å². The van der Waals surface area contributed by atoms with Gasteiger partial charge in [-0.3, -0.25) is 9.59 Å². The zero-order valence-electron chi connectivity index (χ0n) is 18.1. The normalized spacial score (nSPS) is 13.2. The van der Waals surface area contributed by atoms with Crippen LogP contribution in [0.3, 0.4) is 0 Å². The van der Waals surface area contributed by atoms with Gasteiger partial charge in [0.25, 0.3) is 11.8 Å². The number of hydrogen-bond acceptors (Lipinski definition) is 7. The van der Waals surface area contributed by atoms with Crippen LogP contribution in [0.4, 0.5) is 11.4 Å². The Morgan fingerprint density at radius 3 is 2.14 bits per heavy atom. The molecule has 0 saturated carbocycles. The van der Waals surface area contributed by atoms with Crippen LogP contribution >= 0.6 is 23.2 Å². The summed E-state index contributed by atoms with van der Waals surface area (Å²) in [5, 5.41) is 2.98. The van der Waals surface area contributed by atoms with E-state index in [-0.39, 0.29) is 27.5 Å². The van der Waals surface area contributed by atoms with Crippen molar-refractivity contribution in [2.24, 2.45) is 0 Å². The number of rotatable bonds is 6. The third kappa shape index (κ3) is 4.89. The summed E-state index contributed by atoms with van der Waals surface area (Å²) in [6.45, 7) is 0. The SMILES string of the molecule is COC(=O)c1ccccc1N1C(=O)C(Cl)=C(Nc2ccc(C(=O)Oc3ccc(Cl)cc3)cc2)C1=O. The Labute approximate surface area is 209 Å². The van der Waals surface area contributed by atoms with Crippen molar-refractivity contribution in [1.29, 1.82) is 0 Å². The van der Waals surface area contributed by atoms with Crippen LogP contribution in [0, 0.1) is 0 Å². The summed E-state index contributed by atoms with van der Waals surface area (Å²) in [6.07, 6.45) is 0. The fraction of sp³-hybridized carbons (Fsp3) is 0.0400. The van der Waals surface area contributed by atoms with Crippen LogP contribution in [0.5, 0.6) is 5.75 Å². The molecule has 35 heavy (non-hydrogen) atoms. The summed E-state index contributed by atoms with van der Waals surface area (Å²) in [4.78, 5) is 51.1. The van der Waals surface area contributed by atoms with Gasteiger partial charge in [-0.1, -0.05) is 35.3 Å². The zero-order valence-corrected chi connectivity index (χ0v) is 19.6. The number of hydrogen-bond donors (Lipinski definition) is 1. The molecule has 0 unspecified atom stereocenters. The Balaban J connectivity index is 1.51.